The standard InChI is InChI=1S/C12H16F2O/c1-11(2,3)12(4,15)8-5-6-9(13)10(14)7-8/h5-7,15H,1-4H3. The van der Waals surface area contributed by atoms with Crippen molar-refractivity contribution in [3.05, 3.63) is 35.4 Å². The minimum atomic E-state index is -1.19. The highest BCUT2D eigenvalue weighted by Gasteiger charge is 2.37. The van der Waals surface area contributed by atoms with Gasteiger partial charge in [-0.05, 0) is 30.0 Å². The lowest BCUT2D eigenvalue weighted by molar-refractivity contribution is -0.0472. The second-order valence-corrected chi connectivity index (χ2v) is 4.95. The van der Waals surface area contributed by atoms with Crippen molar-refractivity contribution in [3.8, 4) is 0 Å². The second kappa shape index (κ2) is 3.56. The maximum Gasteiger partial charge on any atom is 0.159 e. The van der Waals surface area contributed by atoms with Gasteiger partial charge in [-0.3, -0.25) is 0 Å². The molecule has 1 atom stereocenters. The molecule has 1 nitrogen and oxygen atoms in total. The Morgan fingerprint density at radius 1 is 1.00 bits per heavy atom. The molecule has 1 aromatic rings. The number of aliphatic hydroxyl groups is 1. The predicted octanol–water partition coefficient (Wildman–Crippen LogP) is 3.22. The van der Waals surface area contributed by atoms with Crippen LogP contribution in [0.4, 0.5) is 8.78 Å². The largest absolute Gasteiger partial charge is 0.385 e. The van der Waals surface area contributed by atoms with Crippen LogP contribution in [0.25, 0.3) is 0 Å². The molecule has 0 aliphatic carbocycles. The summed E-state index contributed by atoms with van der Waals surface area (Å²) in [6, 6.07) is 3.48. The van der Waals surface area contributed by atoms with Crippen LogP contribution < -0.4 is 0 Å². The molecule has 0 aliphatic heterocycles. The van der Waals surface area contributed by atoms with Crippen LogP contribution in [0.5, 0.6) is 0 Å². The second-order valence-electron chi connectivity index (χ2n) is 4.95. The first-order chi connectivity index (χ1) is 6.66. The fraction of sp³-hybridized carbons (Fsp3) is 0.500. The number of halogens is 2. The van der Waals surface area contributed by atoms with Gasteiger partial charge in [0, 0.05) is 0 Å². The molecule has 3 heteroatoms. The van der Waals surface area contributed by atoms with E-state index in [1.165, 1.54) is 6.07 Å². The SMILES string of the molecule is CC(C)(C)C(C)(O)c1ccc(F)c(F)c1. The number of hydrogen-bond acceptors (Lipinski definition) is 1. The summed E-state index contributed by atoms with van der Waals surface area (Å²) in [5.74, 6) is -1.83. The normalized spacial score (nSPS) is 16.2. The van der Waals surface area contributed by atoms with Gasteiger partial charge >= 0.3 is 0 Å². The Kier molecular flexibility index (Phi) is 2.88. The lowest BCUT2D eigenvalue weighted by Gasteiger charge is -2.37. The third-order valence-electron chi connectivity index (χ3n) is 2.94. The summed E-state index contributed by atoms with van der Waals surface area (Å²) in [7, 11) is 0. The lowest BCUT2D eigenvalue weighted by atomic mass is 9.73. The van der Waals surface area contributed by atoms with E-state index >= 15 is 0 Å². The average Bonchev–Trinajstić information content (AvgIpc) is 2.07. The van der Waals surface area contributed by atoms with Gasteiger partial charge < -0.3 is 5.11 Å². The Morgan fingerprint density at radius 2 is 1.53 bits per heavy atom. The Labute approximate surface area is 88.7 Å². The van der Waals surface area contributed by atoms with Crippen LogP contribution in [-0.4, -0.2) is 5.11 Å². The Balaban J connectivity index is 3.22. The molecule has 0 aromatic heterocycles. The Hall–Kier alpha value is -0.960. The van der Waals surface area contributed by atoms with E-state index in [0.29, 0.717) is 5.56 Å². The highest BCUT2D eigenvalue weighted by Crippen LogP contribution is 2.38. The molecular formula is C12H16F2O. The molecule has 84 valence electrons. The van der Waals surface area contributed by atoms with E-state index in [1.807, 2.05) is 20.8 Å². The summed E-state index contributed by atoms with van der Waals surface area (Å²) in [6.07, 6.45) is 0. The molecule has 1 rings (SSSR count). The van der Waals surface area contributed by atoms with Crippen molar-refractivity contribution in [2.24, 2.45) is 5.41 Å². The molecule has 1 unspecified atom stereocenters. The lowest BCUT2D eigenvalue weighted by Crippen LogP contribution is -2.36. The van der Waals surface area contributed by atoms with Crippen LogP contribution in [0.1, 0.15) is 33.3 Å². The average molecular weight is 214 g/mol. The minimum Gasteiger partial charge on any atom is -0.385 e. The monoisotopic (exact) mass is 214 g/mol. The molecule has 0 amide bonds. The van der Waals surface area contributed by atoms with Crippen LogP contribution in [0, 0.1) is 17.0 Å². The summed E-state index contributed by atoms with van der Waals surface area (Å²) < 4.78 is 25.7. The molecule has 0 spiro atoms. The highest BCUT2D eigenvalue weighted by atomic mass is 19.2. The molecule has 0 heterocycles. The van der Waals surface area contributed by atoms with Gasteiger partial charge in [0.15, 0.2) is 11.6 Å². The van der Waals surface area contributed by atoms with Gasteiger partial charge in [-0.25, -0.2) is 8.78 Å². The smallest absolute Gasteiger partial charge is 0.159 e. The molecule has 0 bridgehead atoms. The van der Waals surface area contributed by atoms with Crippen molar-refractivity contribution in [2.75, 3.05) is 0 Å². The van der Waals surface area contributed by atoms with Crippen molar-refractivity contribution in [2.45, 2.75) is 33.3 Å². The minimum absolute atomic E-state index is 0.383. The molecule has 0 saturated carbocycles. The number of rotatable bonds is 1. The third kappa shape index (κ3) is 2.17. The molecule has 1 N–H and O–H groups in total. The van der Waals surface area contributed by atoms with Crippen LogP contribution in [-0.2, 0) is 5.60 Å². The fourth-order valence-corrected chi connectivity index (χ4v) is 1.23. The van der Waals surface area contributed by atoms with Gasteiger partial charge in [-0.15, -0.1) is 0 Å². The zero-order valence-electron chi connectivity index (χ0n) is 9.44. The topological polar surface area (TPSA) is 20.2 Å². The molecule has 0 saturated heterocycles. The maximum atomic E-state index is 13.0. The summed E-state index contributed by atoms with van der Waals surface area (Å²) in [4.78, 5) is 0. The zero-order chi connectivity index (χ0) is 11.9. The molecule has 1 aromatic carbocycles. The van der Waals surface area contributed by atoms with E-state index in [4.69, 9.17) is 0 Å². The van der Waals surface area contributed by atoms with E-state index in [1.54, 1.807) is 6.92 Å². The van der Waals surface area contributed by atoms with Crippen molar-refractivity contribution in [3.63, 3.8) is 0 Å². The van der Waals surface area contributed by atoms with E-state index in [2.05, 4.69) is 0 Å². The van der Waals surface area contributed by atoms with E-state index in [-0.39, 0.29) is 0 Å². The van der Waals surface area contributed by atoms with Crippen molar-refractivity contribution in [1.82, 2.24) is 0 Å². The maximum absolute atomic E-state index is 13.0. The van der Waals surface area contributed by atoms with Crippen LogP contribution in [0.3, 0.4) is 0 Å². The first-order valence-electron chi connectivity index (χ1n) is 4.84. The van der Waals surface area contributed by atoms with Gasteiger partial charge in [0.2, 0.25) is 0 Å². The van der Waals surface area contributed by atoms with Gasteiger partial charge in [0.05, 0.1) is 5.60 Å². The summed E-state index contributed by atoms with van der Waals surface area (Å²) >= 11 is 0. The van der Waals surface area contributed by atoms with Gasteiger partial charge in [-0.2, -0.15) is 0 Å². The first kappa shape index (κ1) is 12.1. The Morgan fingerprint density at radius 3 is 1.93 bits per heavy atom. The van der Waals surface area contributed by atoms with Crippen molar-refractivity contribution in [1.29, 1.82) is 0 Å². The van der Waals surface area contributed by atoms with Gasteiger partial charge in [0.1, 0.15) is 0 Å². The molecule has 0 fully saturated rings. The molecule has 0 aliphatic rings. The third-order valence-corrected chi connectivity index (χ3v) is 2.94. The Bertz CT molecular complexity index is 364. The first-order valence-corrected chi connectivity index (χ1v) is 4.84. The van der Waals surface area contributed by atoms with Crippen LogP contribution >= 0.6 is 0 Å². The van der Waals surface area contributed by atoms with E-state index < -0.39 is 22.7 Å². The molecule has 0 radical (unpaired) electrons. The summed E-state index contributed by atoms with van der Waals surface area (Å²) in [6.45, 7) is 7.12. The molecular weight excluding hydrogens is 198 g/mol. The van der Waals surface area contributed by atoms with Crippen LogP contribution in [0.2, 0.25) is 0 Å². The predicted molar refractivity (Wildman–Crippen MR) is 55.4 cm³/mol. The van der Waals surface area contributed by atoms with Crippen molar-refractivity contribution < 1.29 is 13.9 Å². The number of benzene rings is 1. The van der Waals surface area contributed by atoms with Crippen LogP contribution in [0.15, 0.2) is 18.2 Å². The number of hydrogen-bond donors (Lipinski definition) is 1. The fourth-order valence-electron chi connectivity index (χ4n) is 1.23. The highest BCUT2D eigenvalue weighted by molar-refractivity contribution is 5.25. The quantitative estimate of drug-likeness (QED) is 0.761. The zero-order valence-corrected chi connectivity index (χ0v) is 9.44. The van der Waals surface area contributed by atoms with E-state index in [0.717, 1.165) is 12.1 Å². The summed E-state index contributed by atoms with van der Waals surface area (Å²) in [5, 5.41) is 10.2. The van der Waals surface area contributed by atoms with Gasteiger partial charge in [-0.1, -0.05) is 26.8 Å². The van der Waals surface area contributed by atoms with E-state index in [9.17, 15) is 13.9 Å². The summed E-state index contributed by atoms with van der Waals surface area (Å²) in [5.41, 5.74) is -1.26. The van der Waals surface area contributed by atoms with Gasteiger partial charge in [0.25, 0.3) is 0 Å². The van der Waals surface area contributed by atoms with Crippen molar-refractivity contribution >= 4 is 0 Å². The molecule has 15 heavy (non-hydrogen) atoms.